The molecule has 1 unspecified atom stereocenters. The van der Waals surface area contributed by atoms with Crippen LogP contribution < -0.4 is 15.4 Å². The van der Waals surface area contributed by atoms with Crippen LogP contribution in [-0.4, -0.2) is 90.8 Å². The van der Waals surface area contributed by atoms with Gasteiger partial charge in [0.25, 0.3) is 5.91 Å². The van der Waals surface area contributed by atoms with Crippen molar-refractivity contribution in [2.75, 3.05) is 13.2 Å². The van der Waals surface area contributed by atoms with Gasteiger partial charge in [-0.25, -0.2) is 18.0 Å². The summed E-state index contributed by atoms with van der Waals surface area (Å²) in [6.07, 6.45) is 8.59. The second kappa shape index (κ2) is 17.3. The number of fused-ring (bicyclic) bond motifs is 3. The molecule has 1 saturated carbocycles. The SMILES string of the molecule is CC1(C)CCCCCc2cccc3c2CN(C3)C(=O)O[C@H]2C[C@H]3C(=O)NC(C(=O)NS(=O)(=O)C4CC4)CCCCCCCC[C@H](NC(=O)OC1)C(=O)N3C2. The lowest BCUT2D eigenvalue weighted by molar-refractivity contribution is -0.141. The van der Waals surface area contributed by atoms with E-state index in [1.165, 1.54) is 10.5 Å². The number of aryl methyl sites for hydroxylation is 1. The van der Waals surface area contributed by atoms with Gasteiger partial charge in [0.2, 0.25) is 21.8 Å². The average Bonchev–Trinajstić information content (AvgIpc) is 3.77. The number of nitrogens with zero attached hydrogens (tertiary/aromatic N) is 2. The van der Waals surface area contributed by atoms with E-state index < -0.39 is 69.4 Å². The van der Waals surface area contributed by atoms with Crippen LogP contribution >= 0.6 is 0 Å². The molecule has 298 valence electrons. The van der Waals surface area contributed by atoms with Crippen molar-refractivity contribution in [1.82, 2.24) is 25.2 Å². The molecule has 1 aromatic carbocycles. The van der Waals surface area contributed by atoms with Gasteiger partial charge in [0, 0.05) is 19.5 Å². The summed E-state index contributed by atoms with van der Waals surface area (Å²) in [5.41, 5.74) is 3.13. The molecule has 4 atom stereocenters. The van der Waals surface area contributed by atoms with Gasteiger partial charge in [0.1, 0.15) is 24.2 Å². The molecule has 0 radical (unpaired) electrons. The highest BCUT2D eigenvalue weighted by atomic mass is 32.2. The Morgan fingerprint density at radius 1 is 0.870 bits per heavy atom. The minimum absolute atomic E-state index is 0.0323. The van der Waals surface area contributed by atoms with Gasteiger partial charge in [-0.2, -0.15) is 0 Å². The first-order chi connectivity index (χ1) is 25.8. The maximum Gasteiger partial charge on any atom is 0.410 e. The van der Waals surface area contributed by atoms with Crippen molar-refractivity contribution >= 4 is 39.9 Å². The molecule has 3 N–H and O–H groups in total. The maximum absolute atomic E-state index is 14.4. The number of carbonyl (C=O) groups is 5. The number of amides is 5. The van der Waals surface area contributed by atoms with E-state index in [1.54, 1.807) is 4.90 Å². The summed E-state index contributed by atoms with van der Waals surface area (Å²) in [4.78, 5) is 71.8. The van der Waals surface area contributed by atoms with Gasteiger partial charge in [0.05, 0.1) is 18.4 Å². The number of hydrogen-bond acceptors (Lipinski definition) is 9. The normalized spacial score (nSPS) is 28.0. The van der Waals surface area contributed by atoms with Gasteiger partial charge in [-0.15, -0.1) is 0 Å². The van der Waals surface area contributed by atoms with Crippen molar-refractivity contribution in [2.24, 2.45) is 5.41 Å². The van der Waals surface area contributed by atoms with Gasteiger partial charge in [0.15, 0.2) is 0 Å². The second-order valence-electron chi connectivity index (χ2n) is 16.6. The lowest BCUT2D eigenvalue weighted by atomic mass is 9.87. The average molecular weight is 772 g/mol. The molecular formula is C39H57N5O9S. The Labute approximate surface area is 318 Å². The zero-order chi connectivity index (χ0) is 38.5. The molecule has 14 nitrogen and oxygen atoms in total. The monoisotopic (exact) mass is 771 g/mol. The lowest BCUT2D eigenvalue weighted by Gasteiger charge is -2.30. The van der Waals surface area contributed by atoms with Crippen molar-refractivity contribution in [2.45, 2.75) is 159 Å². The number of sulfonamides is 1. The Morgan fingerprint density at radius 2 is 1.57 bits per heavy atom. The van der Waals surface area contributed by atoms with Crippen molar-refractivity contribution < 1.29 is 41.9 Å². The summed E-state index contributed by atoms with van der Waals surface area (Å²) in [7, 11) is -3.86. The van der Waals surface area contributed by atoms with Crippen molar-refractivity contribution in [3.05, 3.63) is 34.9 Å². The van der Waals surface area contributed by atoms with E-state index in [1.807, 2.05) is 12.1 Å². The van der Waals surface area contributed by atoms with Gasteiger partial charge < -0.3 is 25.0 Å². The number of hydrogen-bond donors (Lipinski definition) is 3. The summed E-state index contributed by atoms with van der Waals surface area (Å²) >= 11 is 0. The van der Waals surface area contributed by atoms with Gasteiger partial charge in [-0.3, -0.25) is 24.0 Å². The van der Waals surface area contributed by atoms with Crippen molar-refractivity contribution in [3.8, 4) is 0 Å². The summed E-state index contributed by atoms with van der Waals surface area (Å²) in [5, 5.41) is 4.92. The van der Waals surface area contributed by atoms with Crippen molar-refractivity contribution in [3.63, 3.8) is 0 Å². The zero-order valence-electron chi connectivity index (χ0n) is 31.7. The highest BCUT2D eigenvalue weighted by Crippen LogP contribution is 2.31. The summed E-state index contributed by atoms with van der Waals surface area (Å²) in [6.45, 7) is 5.00. The zero-order valence-corrected chi connectivity index (χ0v) is 32.6. The van der Waals surface area contributed by atoms with E-state index in [4.69, 9.17) is 9.47 Å². The number of cyclic esters (lactones) is 1. The molecule has 4 aliphatic heterocycles. The quantitative estimate of drug-likeness (QED) is 0.397. The number of benzene rings is 1. The third-order valence-corrected chi connectivity index (χ3v) is 13.3. The molecule has 5 bridgehead atoms. The third-order valence-electron chi connectivity index (χ3n) is 11.5. The van der Waals surface area contributed by atoms with Crippen LogP contribution in [-0.2, 0) is 53.4 Å². The Morgan fingerprint density at radius 3 is 2.33 bits per heavy atom. The summed E-state index contributed by atoms with van der Waals surface area (Å²) in [6, 6.07) is 2.86. The number of carbonyl (C=O) groups excluding carboxylic acids is 5. The van der Waals surface area contributed by atoms with Crippen LogP contribution in [0, 0.1) is 5.41 Å². The number of nitrogens with one attached hydrogen (secondary N) is 3. The molecule has 0 aromatic heterocycles. The Hall–Kier alpha value is -3.88. The van der Waals surface area contributed by atoms with Gasteiger partial charge in [-0.05, 0) is 67.1 Å². The minimum Gasteiger partial charge on any atom is -0.449 e. The van der Waals surface area contributed by atoms with Crippen LogP contribution in [0.15, 0.2) is 18.2 Å². The van der Waals surface area contributed by atoms with Crippen molar-refractivity contribution in [1.29, 1.82) is 0 Å². The van der Waals surface area contributed by atoms with E-state index in [0.29, 0.717) is 45.2 Å². The molecule has 0 spiro atoms. The number of ether oxygens (including phenoxy) is 2. The molecule has 5 aliphatic rings. The fourth-order valence-corrected chi connectivity index (χ4v) is 9.48. The van der Waals surface area contributed by atoms with E-state index in [-0.39, 0.29) is 31.4 Å². The van der Waals surface area contributed by atoms with Crippen LogP contribution in [0.25, 0.3) is 0 Å². The molecule has 5 amide bonds. The standard InChI is InChI=1S/C39H57N5O9S/c1-39(2)20-11-7-8-13-26-14-12-15-27-22-43(24-30(26)27)38(49)53-28-21-33-35(46)40-31(34(45)42-54(50,51)29-18-19-29)16-9-5-3-4-6-10-17-32(36(47)44(33)23-28)41-37(48)52-25-39/h12,14-15,28-29,31-33H,3-11,13,16-25H2,1-2H3,(H,40,46)(H,41,48)(H,42,45)/t28-,31?,32-,33-/m0/s1. The molecule has 4 heterocycles. The summed E-state index contributed by atoms with van der Waals surface area (Å²) in [5.74, 6) is -1.98. The smallest absolute Gasteiger partial charge is 0.410 e. The third kappa shape index (κ3) is 10.2. The predicted molar refractivity (Wildman–Crippen MR) is 199 cm³/mol. The fraction of sp³-hybridized carbons (Fsp3) is 0.718. The number of rotatable bonds is 3. The van der Waals surface area contributed by atoms with Gasteiger partial charge >= 0.3 is 12.2 Å². The van der Waals surface area contributed by atoms with Crippen LogP contribution in [0.1, 0.15) is 127 Å². The highest BCUT2D eigenvalue weighted by molar-refractivity contribution is 7.90. The first kappa shape index (κ1) is 39.8. The molecule has 1 aliphatic carbocycles. The fourth-order valence-electron chi connectivity index (χ4n) is 8.13. The van der Waals surface area contributed by atoms with E-state index in [0.717, 1.165) is 68.9 Å². The Balaban J connectivity index is 1.27. The van der Waals surface area contributed by atoms with E-state index >= 15 is 0 Å². The molecule has 54 heavy (non-hydrogen) atoms. The molecule has 1 aromatic rings. The highest BCUT2D eigenvalue weighted by Gasteiger charge is 2.46. The second-order valence-corrected chi connectivity index (χ2v) is 18.6. The number of alkyl carbamates (subject to hydrolysis) is 1. The van der Waals surface area contributed by atoms with Crippen LogP contribution in [0.2, 0.25) is 0 Å². The topological polar surface area (TPSA) is 181 Å². The molecule has 15 heteroatoms. The molecule has 2 saturated heterocycles. The summed E-state index contributed by atoms with van der Waals surface area (Å²) < 4.78 is 39.2. The minimum atomic E-state index is -3.86. The molecule has 3 fully saturated rings. The van der Waals surface area contributed by atoms with Gasteiger partial charge in [-0.1, -0.05) is 83.4 Å². The first-order valence-corrected chi connectivity index (χ1v) is 21.5. The molecule has 6 rings (SSSR count). The van der Waals surface area contributed by atoms with E-state index in [2.05, 4.69) is 35.3 Å². The predicted octanol–water partition coefficient (Wildman–Crippen LogP) is 4.57. The van der Waals surface area contributed by atoms with Crippen LogP contribution in [0.4, 0.5) is 9.59 Å². The van der Waals surface area contributed by atoms with E-state index in [9.17, 15) is 32.4 Å². The van der Waals surface area contributed by atoms with Crippen LogP contribution in [0.3, 0.4) is 0 Å². The lowest BCUT2D eigenvalue weighted by Crippen LogP contribution is -2.56. The van der Waals surface area contributed by atoms with Crippen LogP contribution in [0.5, 0.6) is 0 Å². The Kier molecular flexibility index (Phi) is 12.7. The molecular weight excluding hydrogens is 715 g/mol. The maximum atomic E-state index is 14.4. The largest absolute Gasteiger partial charge is 0.449 e. The first-order valence-electron chi connectivity index (χ1n) is 19.9. The Bertz CT molecular complexity index is 1680.